The smallest absolute Gasteiger partial charge is 0.335 e. The molecule has 0 aromatic heterocycles. The van der Waals surface area contributed by atoms with E-state index in [1.807, 2.05) is 5.01 Å². The highest BCUT2D eigenvalue weighted by atomic mass is 16.4. The van der Waals surface area contributed by atoms with Crippen LogP contribution in [0, 0.1) is 0 Å². The van der Waals surface area contributed by atoms with Gasteiger partial charge in [0, 0.05) is 26.1 Å². The van der Waals surface area contributed by atoms with Crippen LogP contribution in [0.4, 0.5) is 0 Å². The van der Waals surface area contributed by atoms with E-state index >= 15 is 0 Å². The van der Waals surface area contributed by atoms with E-state index in [4.69, 9.17) is 5.11 Å². The van der Waals surface area contributed by atoms with Gasteiger partial charge < -0.3 is 10.2 Å². The second kappa shape index (κ2) is 11.0. The molecule has 0 saturated carbocycles. The molecule has 0 aliphatic carbocycles. The SMILES string of the molecule is CCCCC[C@H](O)CCCN1CCC(=O)N1CCc1ccc(C(=O)O)cc1. The van der Waals surface area contributed by atoms with Crippen molar-refractivity contribution in [1.29, 1.82) is 0 Å². The van der Waals surface area contributed by atoms with Crippen molar-refractivity contribution in [3.8, 4) is 0 Å². The number of carboxylic acids is 1. The molecule has 1 saturated heterocycles. The van der Waals surface area contributed by atoms with Crippen molar-refractivity contribution in [3.05, 3.63) is 35.4 Å². The summed E-state index contributed by atoms with van der Waals surface area (Å²) in [7, 11) is 0. The number of carbonyl (C=O) groups excluding carboxylic acids is 1. The van der Waals surface area contributed by atoms with Gasteiger partial charge in [-0.05, 0) is 43.4 Å². The van der Waals surface area contributed by atoms with Crippen molar-refractivity contribution in [3.63, 3.8) is 0 Å². The third-order valence-corrected chi connectivity index (χ3v) is 5.12. The van der Waals surface area contributed by atoms with Crippen LogP contribution < -0.4 is 0 Å². The summed E-state index contributed by atoms with van der Waals surface area (Å²) in [4.78, 5) is 23.1. The number of carboxylic acid groups (broad SMARTS) is 1. The molecule has 6 heteroatoms. The summed E-state index contributed by atoms with van der Waals surface area (Å²) in [6.45, 7) is 4.29. The van der Waals surface area contributed by atoms with E-state index in [1.54, 1.807) is 24.3 Å². The molecule has 27 heavy (non-hydrogen) atoms. The van der Waals surface area contributed by atoms with E-state index in [0.717, 1.165) is 50.8 Å². The van der Waals surface area contributed by atoms with Crippen molar-refractivity contribution in [2.45, 2.75) is 64.4 Å². The van der Waals surface area contributed by atoms with Crippen molar-refractivity contribution in [2.24, 2.45) is 0 Å². The van der Waals surface area contributed by atoms with Crippen molar-refractivity contribution in [2.75, 3.05) is 19.6 Å². The van der Waals surface area contributed by atoms with Gasteiger partial charge in [-0.25, -0.2) is 9.80 Å². The second-order valence-electron chi connectivity index (χ2n) is 7.26. The molecule has 0 bridgehead atoms. The number of hydrogen-bond donors (Lipinski definition) is 2. The Morgan fingerprint density at radius 3 is 2.48 bits per heavy atom. The fourth-order valence-corrected chi connectivity index (χ4v) is 3.46. The minimum Gasteiger partial charge on any atom is -0.478 e. The van der Waals surface area contributed by atoms with Gasteiger partial charge in [0.2, 0.25) is 5.91 Å². The number of unbranched alkanes of at least 4 members (excludes halogenated alkanes) is 2. The Hall–Kier alpha value is -1.92. The summed E-state index contributed by atoms with van der Waals surface area (Å²) in [6.07, 6.45) is 6.92. The lowest BCUT2D eigenvalue weighted by molar-refractivity contribution is -0.138. The Morgan fingerprint density at radius 2 is 1.81 bits per heavy atom. The van der Waals surface area contributed by atoms with Crippen LogP contribution in [0.2, 0.25) is 0 Å². The van der Waals surface area contributed by atoms with Gasteiger partial charge in [0.15, 0.2) is 0 Å². The Labute approximate surface area is 161 Å². The van der Waals surface area contributed by atoms with Gasteiger partial charge in [0.25, 0.3) is 0 Å². The van der Waals surface area contributed by atoms with Crippen LogP contribution in [0.3, 0.4) is 0 Å². The summed E-state index contributed by atoms with van der Waals surface area (Å²) in [5, 5.41) is 22.9. The molecule has 1 atom stereocenters. The van der Waals surface area contributed by atoms with Gasteiger partial charge in [-0.2, -0.15) is 0 Å². The number of nitrogens with zero attached hydrogens (tertiary/aromatic N) is 2. The van der Waals surface area contributed by atoms with Crippen LogP contribution in [0.15, 0.2) is 24.3 Å². The highest BCUT2D eigenvalue weighted by molar-refractivity contribution is 5.87. The van der Waals surface area contributed by atoms with E-state index in [0.29, 0.717) is 19.4 Å². The molecule has 0 spiro atoms. The summed E-state index contributed by atoms with van der Waals surface area (Å²) < 4.78 is 0. The zero-order valence-corrected chi connectivity index (χ0v) is 16.3. The molecule has 1 aliphatic heterocycles. The number of hydrazine groups is 1. The van der Waals surface area contributed by atoms with Gasteiger partial charge in [0.1, 0.15) is 0 Å². The quantitative estimate of drug-likeness (QED) is 0.548. The molecular formula is C21H32N2O4. The maximum absolute atomic E-state index is 12.2. The molecule has 150 valence electrons. The Bertz CT molecular complexity index is 603. The number of aliphatic hydroxyl groups excluding tert-OH is 1. The van der Waals surface area contributed by atoms with E-state index < -0.39 is 5.97 Å². The van der Waals surface area contributed by atoms with Crippen molar-refractivity contribution < 1.29 is 19.8 Å². The van der Waals surface area contributed by atoms with Gasteiger partial charge in [-0.1, -0.05) is 38.3 Å². The summed E-state index contributed by atoms with van der Waals surface area (Å²) in [5.74, 6) is -0.792. The second-order valence-corrected chi connectivity index (χ2v) is 7.26. The number of hydrogen-bond acceptors (Lipinski definition) is 4. The lowest BCUT2D eigenvalue weighted by Crippen LogP contribution is -2.41. The average molecular weight is 376 g/mol. The Balaban J connectivity index is 1.75. The maximum atomic E-state index is 12.2. The fraction of sp³-hybridized carbons (Fsp3) is 0.619. The molecule has 1 aromatic carbocycles. The molecule has 1 heterocycles. The maximum Gasteiger partial charge on any atom is 0.335 e. The van der Waals surface area contributed by atoms with Gasteiger partial charge in [0.05, 0.1) is 11.7 Å². The van der Waals surface area contributed by atoms with Crippen LogP contribution in [0.1, 0.15) is 67.8 Å². The summed E-state index contributed by atoms with van der Waals surface area (Å²) in [6, 6.07) is 6.81. The third kappa shape index (κ3) is 6.96. The number of benzene rings is 1. The molecule has 2 N–H and O–H groups in total. The molecule has 2 rings (SSSR count). The van der Waals surface area contributed by atoms with Crippen LogP contribution in [0.25, 0.3) is 0 Å². The molecule has 0 radical (unpaired) electrons. The number of amides is 1. The van der Waals surface area contributed by atoms with Gasteiger partial charge >= 0.3 is 5.97 Å². The lowest BCUT2D eigenvalue weighted by Gasteiger charge is -2.28. The number of carbonyl (C=O) groups is 2. The topological polar surface area (TPSA) is 81.1 Å². The molecule has 0 unspecified atom stereocenters. The minimum atomic E-state index is -0.931. The molecule has 1 amide bonds. The first kappa shape index (κ1) is 21.4. The first-order chi connectivity index (χ1) is 13.0. The highest BCUT2D eigenvalue weighted by Crippen LogP contribution is 2.16. The van der Waals surface area contributed by atoms with Crippen LogP contribution in [0.5, 0.6) is 0 Å². The van der Waals surface area contributed by atoms with Crippen molar-refractivity contribution >= 4 is 11.9 Å². The molecule has 6 nitrogen and oxygen atoms in total. The van der Waals surface area contributed by atoms with Crippen LogP contribution >= 0.6 is 0 Å². The molecule has 1 fully saturated rings. The minimum absolute atomic E-state index is 0.139. The zero-order chi connectivity index (χ0) is 19.6. The fourth-order valence-electron chi connectivity index (χ4n) is 3.46. The highest BCUT2D eigenvalue weighted by Gasteiger charge is 2.28. The van der Waals surface area contributed by atoms with Crippen LogP contribution in [-0.2, 0) is 11.2 Å². The first-order valence-corrected chi connectivity index (χ1v) is 10.1. The predicted molar refractivity (Wildman–Crippen MR) is 104 cm³/mol. The van der Waals surface area contributed by atoms with E-state index in [1.165, 1.54) is 6.42 Å². The monoisotopic (exact) mass is 376 g/mol. The normalized spacial score (nSPS) is 16.1. The zero-order valence-electron chi connectivity index (χ0n) is 16.3. The average Bonchev–Trinajstić information content (AvgIpc) is 3.00. The number of aliphatic hydroxyl groups is 1. The third-order valence-electron chi connectivity index (χ3n) is 5.12. The lowest BCUT2D eigenvalue weighted by atomic mass is 10.1. The summed E-state index contributed by atoms with van der Waals surface area (Å²) >= 11 is 0. The molecule has 1 aromatic rings. The first-order valence-electron chi connectivity index (χ1n) is 10.1. The number of rotatable bonds is 12. The van der Waals surface area contributed by atoms with E-state index in [-0.39, 0.29) is 17.6 Å². The predicted octanol–water partition coefficient (Wildman–Crippen LogP) is 3.10. The van der Waals surface area contributed by atoms with E-state index in [2.05, 4.69) is 11.9 Å². The van der Waals surface area contributed by atoms with Crippen molar-refractivity contribution in [1.82, 2.24) is 10.0 Å². The molecular weight excluding hydrogens is 344 g/mol. The van der Waals surface area contributed by atoms with Gasteiger partial charge in [-0.3, -0.25) is 9.80 Å². The van der Waals surface area contributed by atoms with Gasteiger partial charge in [-0.15, -0.1) is 0 Å². The summed E-state index contributed by atoms with van der Waals surface area (Å²) in [5.41, 5.74) is 1.29. The Kier molecular flexibility index (Phi) is 8.75. The molecule has 1 aliphatic rings. The number of aromatic carboxylic acids is 1. The Morgan fingerprint density at radius 1 is 1.11 bits per heavy atom. The standard InChI is InChI=1S/C21H32N2O4/c1-2-3-4-6-19(24)7-5-14-22-15-13-20(25)23(22)16-12-17-8-10-18(11-9-17)21(26)27/h8-11,19,24H,2-7,12-16H2,1H3,(H,26,27)/t19-/m0/s1. The van der Waals surface area contributed by atoms with E-state index in [9.17, 15) is 14.7 Å². The largest absolute Gasteiger partial charge is 0.478 e. The van der Waals surface area contributed by atoms with Crippen LogP contribution in [-0.4, -0.2) is 57.8 Å².